The van der Waals surface area contributed by atoms with Crippen molar-refractivity contribution < 1.29 is 4.79 Å². The Balaban J connectivity index is 1.55. The fraction of sp³-hybridized carbons (Fsp3) is 0.167. The van der Waals surface area contributed by atoms with E-state index in [0.717, 1.165) is 45.0 Å². The van der Waals surface area contributed by atoms with E-state index in [2.05, 4.69) is 51.5 Å². The van der Waals surface area contributed by atoms with Gasteiger partial charge in [-0.05, 0) is 47.0 Å². The second-order valence-corrected chi connectivity index (χ2v) is 7.83. The molecule has 0 saturated carbocycles. The van der Waals surface area contributed by atoms with Gasteiger partial charge in [0.1, 0.15) is 0 Å². The molecule has 0 radical (unpaired) electrons. The Hall–Kier alpha value is -2.92. The van der Waals surface area contributed by atoms with Crippen molar-refractivity contribution >= 4 is 32.6 Å². The molecular weight excluding hydrogens is 426 g/mol. The summed E-state index contributed by atoms with van der Waals surface area (Å²) in [4.78, 5) is 12.9. The first kappa shape index (κ1) is 19.4. The molecule has 0 aliphatic rings. The SMILES string of the molecule is CCCc1c(C(=O)NCc2ccc3c(Br)cccc3c2)cnn1-c1ccccc1. The van der Waals surface area contributed by atoms with Crippen LogP contribution in [0.3, 0.4) is 0 Å². The van der Waals surface area contributed by atoms with Gasteiger partial charge in [0.15, 0.2) is 0 Å². The van der Waals surface area contributed by atoms with Gasteiger partial charge in [-0.25, -0.2) is 4.68 Å². The number of amides is 1. The normalized spacial score (nSPS) is 11.0. The highest BCUT2D eigenvalue weighted by Crippen LogP contribution is 2.24. The fourth-order valence-electron chi connectivity index (χ4n) is 3.51. The van der Waals surface area contributed by atoms with Crippen LogP contribution >= 0.6 is 15.9 Å². The van der Waals surface area contributed by atoms with E-state index in [1.807, 2.05) is 53.2 Å². The van der Waals surface area contributed by atoms with Gasteiger partial charge in [0.05, 0.1) is 23.1 Å². The van der Waals surface area contributed by atoms with Crippen LogP contribution in [0.15, 0.2) is 77.4 Å². The lowest BCUT2D eigenvalue weighted by Crippen LogP contribution is -2.24. The van der Waals surface area contributed by atoms with Gasteiger partial charge in [-0.3, -0.25) is 4.79 Å². The van der Waals surface area contributed by atoms with E-state index in [1.165, 1.54) is 0 Å². The molecule has 0 aliphatic heterocycles. The van der Waals surface area contributed by atoms with Crippen molar-refractivity contribution in [2.45, 2.75) is 26.3 Å². The smallest absolute Gasteiger partial charge is 0.255 e. The van der Waals surface area contributed by atoms with E-state index in [4.69, 9.17) is 0 Å². The molecule has 0 spiro atoms. The summed E-state index contributed by atoms with van der Waals surface area (Å²) >= 11 is 3.58. The summed E-state index contributed by atoms with van der Waals surface area (Å²) in [5, 5.41) is 9.85. The predicted octanol–water partition coefficient (Wildman–Crippen LogP) is 5.67. The summed E-state index contributed by atoms with van der Waals surface area (Å²) in [6.07, 6.45) is 3.41. The highest BCUT2D eigenvalue weighted by molar-refractivity contribution is 9.10. The summed E-state index contributed by atoms with van der Waals surface area (Å²) < 4.78 is 2.94. The van der Waals surface area contributed by atoms with Crippen LogP contribution in [-0.2, 0) is 13.0 Å². The molecule has 4 aromatic rings. The van der Waals surface area contributed by atoms with Crippen LogP contribution in [0.4, 0.5) is 0 Å². The Bertz CT molecular complexity index is 1150. The molecule has 1 aromatic heterocycles. The lowest BCUT2D eigenvalue weighted by Gasteiger charge is -2.10. The Morgan fingerprint density at radius 3 is 2.69 bits per heavy atom. The van der Waals surface area contributed by atoms with Crippen LogP contribution in [-0.4, -0.2) is 15.7 Å². The first-order chi connectivity index (χ1) is 14.2. The number of halogens is 1. The minimum absolute atomic E-state index is 0.0926. The van der Waals surface area contributed by atoms with E-state index in [9.17, 15) is 4.79 Å². The molecule has 5 heteroatoms. The number of hydrogen-bond acceptors (Lipinski definition) is 2. The fourth-order valence-corrected chi connectivity index (χ4v) is 4.03. The third-order valence-corrected chi connectivity index (χ3v) is 5.64. The summed E-state index contributed by atoms with van der Waals surface area (Å²) in [5.41, 5.74) is 3.62. The number of fused-ring (bicyclic) bond motifs is 1. The van der Waals surface area contributed by atoms with Gasteiger partial charge in [0.25, 0.3) is 5.91 Å². The predicted molar refractivity (Wildman–Crippen MR) is 120 cm³/mol. The van der Waals surface area contributed by atoms with Crippen molar-refractivity contribution in [2.75, 3.05) is 0 Å². The van der Waals surface area contributed by atoms with Gasteiger partial charge in [0.2, 0.25) is 0 Å². The van der Waals surface area contributed by atoms with Crippen LogP contribution in [0.2, 0.25) is 0 Å². The van der Waals surface area contributed by atoms with Gasteiger partial charge >= 0.3 is 0 Å². The molecule has 1 N–H and O–H groups in total. The highest BCUT2D eigenvalue weighted by Gasteiger charge is 2.17. The Labute approximate surface area is 178 Å². The Morgan fingerprint density at radius 2 is 1.90 bits per heavy atom. The average Bonchev–Trinajstić information content (AvgIpc) is 3.17. The number of hydrogen-bond donors (Lipinski definition) is 1. The first-order valence-electron chi connectivity index (χ1n) is 9.75. The lowest BCUT2D eigenvalue weighted by molar-refractivity contribution is 0.0950. The zero-order chi connectivity index (χ0) is 20.2. The number of nitrogens with one attached hydrogen (secondary N) is 1. The molecular formula is C24H22BrN3O. The molecule has 0 saturated heterocycles. The van der Waals surface area contributed by atoms with E-state index >= 15 is 0 Å². The van der Waals surface area contributed by atoms with Crippen molar-refractivity contribution in [3.8, 4) is 5.69 Å². The second-order valence-electron chi connectivity index (χ2n) is 6.98. The van der Waals surface area contributed by atoms with Gasteiger partial charge in [-0.1, -0.05) is 71.7 Å². The second kappa shape index (κ2) is 8.62. The molecule has 1 amide bonds. The van der Waals surface area contributed by atoms with Crippen LogP contribution in [0.5, 0.6) is 0 Å². The number of carbonyl (C=O) groups excluding carboxylic acids is 1. The van der Waals surface area contributed by atoms with E-state index in [-0.39, 0.29) is 5.91 Å². The zero-order valence-corrected chi connectivity index (χ0v) is 17.8. The highest BCUT2D eigenvalue weighted by atomic mass is 79.9. The topological polar surface area (TPSA) is 46.9 Å². The molecule has 0 unspecified atom stereocenters. The number of rotatable bonds is 6. The number of carbonyl (C=O) groups is 1. The molecule has 4 rings (SSSR count). The van der Waals surface area contributed by atoms with Crippen molar-refractivity contribution in [1.29, 1.82) is 0 Å². The minimum Gasteiger partial charge on any atom is -0.348 e. The van der Waals surface area contributed by atoms with Gasteiger partial charge < -0.3 is 5.32 Å². The van der Waals surface area contributed by atoms with E-state index in [1.54, 1.807) is 6.20 Å². The molecule has 29 heavy (non-hydrogen) atoms. The summed E-state index contributed by atoms with van der Waals surface area (Å²) in [5.74, 6) is -0.0926. The number of nitrogens with zero attached hydrogens (tertiary/aromatic N) is 2. The summed E-state index contributed by atoms with van der Waals surface area (Å²) in [6.45, 7) is 2.58. The van der Waals surface area contributed by atoms with Crippen LogP contribution in [0.25, 0.3) is 16.5 Å². The maximum atomic E-state index is 12.9. The van der Waals surface area contributed by atoms with Crippen LogP contribution in [0.1, 0.15) is 35.0 Å². The van der Waals surface area contributed by atoms with Crippen molar-refractivity contribution in [2.24, 2.45) is 0 Å². The third-order valence-electron chi connectivity index (χ3n) is 4.95. The third kappa shape index (κ3) is 4.10. The van der Waals surface area contributed by atoms with E-state index < -0.39 is 0 Å². The molecule has 1 heterocycles. The van der Waals surface area contributed by atoms with Gasteiger partial charge in [-0.15, -0.1) is 0 Å². The molecule has 0 aliphatic carbocycles. The van der Waals surface area contributed by atoms with Crippen LogP contribution in [0, 0.1) is 0 Å². The minimum atomic E-state index is -0.0926. The number of aromatic nitrogens is 2. The molecule has 146 valence electrons. The largest absolute Gasteiger partial charge is 0.348 e. The molecule has 0 fully saturated rings. The van der Waals surface area contributed by atoms with Crippen molar-refractivity contribution in [1.82, 2.24) is 15.1 Å². The Kier molecular flexibility index (Phi) is 5.76. The average molecular weight is 448 g/mol. The van der Waals surface area contributed by atoms with Gasteiger partial charge in [-0.2, -0.15) is 5.10 Å². The molecule has 0 atom stereocenters. The summed E-state index contributed by atoms with van der Waals surface area (Å²) in [7, 11) is 0. The van der Waals surface area contributed by atoms with Crippen molar-refractivity contribution in [3.05, 3.63) is 94.2 Å². The lowest BCUT2D eigenvalue weighted by atomic mass is 10.1. The van der Waals surface area contributed by atoms with Gasteiger partial charge in [0, 0.05) is 11.0 Å². The standard InChI is InChI=1S/C24H22BrN3O/c1-2-7-23-21(16-27-28(23)19-9-4-3-5-10-19)24(29)26-15-17-12-13-20-18(14-17)8-6-11-22(20)25/h3-6,8-14,16H,2,7,15H2,1H3,(H,26,29). The number of para-hydroxylation sites is 1. The Morgan fingerprint density at radius 1 is 1.07 bits per heavy atom. The van der Waals surface area contributed by atoms with Crippen molar-refractivity contribution in [3.63, 3.8) is 0 Å². The molecule has 0 bridgehead atoms. The summed E-state index contributed by atoms with van der Waals surface area (Å²) in [6, 6.07) is 22.3. The zero-order valence-electron chi connectivity index (χ0n) is 16.2. The van der Waals surface area contributed by atoms with Crippen LogP contribution < -0.4 is 5.32 Å². The quantitative estimate of drug-likeness (QED) is 0.413. The monoisotopic (exact) mass is 447 g/mol. The van der Waals surface area contributed by atoms with E-state index in [0.29, 0.717) is 12.1 Å². The molecule has 3 aromatic carbocycles. The number of benzene rings is 3. The molecule has 4 nitrogen and oxygen atoms in total. The maximum Gasteiger partial charge on any atom is 0.255 e. The first-order valence-corrected chi connectivity index (χ1v) is 10.5. The maximum absolute atomic E-state index is 12.9.